The van der Waals surface area contributed by atoms with Gasteiger partial charge in [0.1, 0.15) is 5.82 Å². The zero-order valence-electron chi connectivity index (χ0n) is 11.3. The van der Waals surface area contributed by atoms with E-state index < -0.39 is 0 Å². The van der Waals surface area contributed by atoms with Gasteiger partial charge in [0.05, 0.1) is 5.88 Å². The van der Waals surface area contributed by atoms with Crippen LogP contribution in [-0.2, 0) is 5.88 Å². The Balaban J connectivity index is 2.05. The molecule has 0 spiro atoms. The lowest BCUT2D eigenvalue weighted by Gasteiger charge is -2.29. The predicted octanol–water partition coefficient (Wildman–Crippen LogP) is 2.74. The fourth-order valence-corrected chi connectivity index (χ4v) is 3.01. The summed E-state index contributed by atoms with van der Waals surface area (Å²) in [7, 11) is 2.12. The fourth-order valence-electron chi connectivity index (χ4n) is 2.80. The van der Waals surface area contributed by atoms with Gasteiger partial charge in [0.15, 0.2) is 0 Å². The van der Waals surface area contributed by atoms with Crippen LogP contribution in [0.5, 0.6) is 0 Å². The number of likely N-dealkylation sites (N-methyl/N-ethyl adjacent to an activating group) is 2. The maximum Gasteiger partial charge on any atom is 0.132 e. The van der Waals surface area contributed by atoms with Gasteiger partial charge in [-0.15, -0.1) is 11.6 Å². The molecule has 1 saturated heterocycles. The Kier molecular flexibility index (Phi) is 4.84. The first-order chi connectivity index (χ1) is 8.76. The van der Waals surface area contributed by atoms with Gasteiger partial charge in [0.25, 0.3) is 0 Å². The maximum absolute atomic E-state index is 5.97. The highest BCUT2D eigenvalue weighted by atomic mass is 35.5. The van der Waals surface area contributed by atoms with Crippen molar-refractivity contribution in [2.75, 3.05) is 31.6 Å². The van der Waals surface area contributed by atoms with E-state index in [-0.39, 0.29) is 0 Å². The van der Waals surface area contributed by atoms with E-state index in [0.717, 1.165) is 24.5 Å². The van der Waals surface area contributed by atoms with Gasteiger partial charge in [-0.1, -0.05) is 13.0 Å². The van der Waals surface area contributed by atoms with Crippen LogP contribution in [0.15, 0.2) is 18.3 Å². The third-order valence-corrected chi connectivity index (χ3v) is 4.05. The third kappa shape index (κ3) is 2.96. The second kappa shape index (κ2) is 6.39. The van der Waals surface area contributed by atoms with Gasteiger partial charge in [-0.05, 0) is 32.0 Å². The van der Waals surface area contributed by atoms with Crippen molar-refractivity contribution in [1.82, 2.24) is 9.88 Å². The second-order valence-electron chi connectivity index (χ2n) is 4.92. The van der Waals surface area contributed by atoms with Crippen LogP contribution in [0.4, 0.5) is 5.82 Å². The average Bonchev–Trinajstić information content (AvgIpc) is 2.85. The van der Waals surface area contributed by atoms with E-state index in [4.69, 9.17) is 11.6 Å². The molecule has 0 aromatic carbocycles. The smallest absolute Gasteiger partial charge is 0.132 e. The Bertz CT molecular complexity index is 383. The number of hydrogen-bond acceptors (Lipinski definition) is 3. The Hall–Kier alpha value is -0.800. The van der Waals surface area contributed by atoms with Crippen LogP contribution in [0, 0.1) is 0 Å². The molecule has 0 N–H and O–H groups in total. The minimum absolute atomic E-state index is 0.523. The molecule has 100 valence electrons. The lowest BCUT2D eigenvalue weighted by Crippen LogP contribution is -2.39. The van der Waals surface area contributed by atoms with Gasteiger partial charge in [0.2, 0.25) is 0 Å². The molecule has 0 bridgehead atoms. The topological polar surface area (TPSA) is 19.4 Å². The van der Waals surface area contributed by atoms with Gasteiger partial charge < -0.3 is 4.90 Å². The monoisotopic (exact) mass is 267 g/mol. The number of anilines is 1. The molecule has 18 heavy (non-hydrogen) atoms. The van der Waals surface area contributed by atoms with Crippen LogP contribution < -0.4 is 4.90 Å². The van der Waals surface area contributed by atoms with Crippen molar-refractivity contribution in [2.45, 2.75) is 31.7 Å². The van der Waals surface area contributed by atoms with Gasteiger partial charge in [-0.3, -0.25) is 4.90 Å². The number of pyridine rings is 1. The number of hydrogen-bond donors (Lipinski definition) is 0. The highest BCUT2D eigenvalue weighted by Gasteiger charge is 2.24. The van der Waals surface area contributed by atoms with E-state index in [1.54, 1.807) is 0 Å². The van der Waals surface area contributed by atoms with Crippen molar-refractivity contribution in [2.24, 2.45) is 0 Å². The molecule has 1 atom stereocenters. The number of nitrogens with zero attached hydrogens (tertiary/aromatic N) is 3. The van der Waals surface area contributed by atoms with Gasteiger partial charge in [0, 0.05) is 31.4 Å². The fraction of sp³-hybridized carbons (Fsp3) is 0.643. The number of likely N-dealkylation sites (tertiary alicyclic amines) is 1. The third-order valence-electron chi connectivity index (χ3n) is 3.76. The van der Waals surface area contributed by atoms with E-state index in [1.165, 1.54) is 19.4 Å². The van der Waals surface area contributed by atoms with Crippen LogP contribution in [0.2, 0.25) is 0 Å². The molecule has 3 nitrogen and oxygen atoms in total. The van der Waals surface area contributed by atoms with Crippen molar-refractivity contribution in [3.63, 3.8) is 0 Å². The molecule has 0 aliphatic carbocycles. The summed E-state index contributed by atoms with van der Waals surface area (Å²) < 4.78 is 0. The summed E-state index contributed by atoms with van der Waals surface area (Å²) in [5.74, 6) is 1.55. The summed E-state index contributed by atoms with van der Waals surface area (Å²) in [5, 5.41) is 0. The summed E-state index contributed by atoms with van der Waals surface area (Å²) in [6.07, 6.45) is 4.45. The van der Waals surface area contributed by atoms with Crippen molar-refractivity contribution in [1.29, 1.82) is 0 Å². The van der Waals surface area contributed by atoms with Gasteiger partial charge in [-0.25, -0.2) is 4.98 Å². The zero-order valence-corrected chi connectivity index (χ0v) is 12.0. The number of halogens is 1. The molecule has 0 radical (unpaired) electrons. The standard InChI is InChI=1S/C14H22ClN3/c1-3-18-9-5-7-13(18)11-17(2)14-12(10-15)6-4-8-16-14/h4,6,8,13H,3,5,7,9-11H2,1-2H3. The van der Waals surface area contributed by atoms with Crippen molar-refractivity contribution in [3.05, 3.63) is 23.9 Å². The van der Waals surface area contributed by atoms with Gasteiger partial charge in [-0.2, -0.15) is 0 Å². The van der Waals surface area contributed by atoms with Crippen LogP contribution in [-0.4, -0.2) is 42.6 Å². The molecule has 0 saturated carbocycles. The first kappa shape index (κ1) is 13.6. The quantitative estimate of drug-likeness (QED) is 0.765. The first-order valence-corrected chi connectivity index (χ1v) is 7.24. The summed E-state index contributed by atoms with van der Waals surface area (Å²) in [6, 6.07) is 4.66. The van der Waals surface area contributed by atoms with E-state index in [1.807, 2.05) is 12.3 Å². The maximum atomic E-state index is 5.97. The molecule has 1 unspecified atom stereocenters. The number of aromatic nitrogens is 1. The minimum Gasteiger partial charge on any atom is -0.358 e. The molecular weight excluding hydrogens is 246 g/mol. The predicted molar refractivity (Wildman–Crippen MR) is 77.3 cm³/mol. The number of rotatable bonds is 5. The first-order valence-electron chi connectivity index (χ1n) is 6.71. The lowest BCUT2D eigenvalue weighted by molar-refractivity contribution is 0.270. The Labute approximate surface area is 115 Å². The lowest BCUT2D eigenvalue weighted by atomic mass is 10.2. The molecule has 2 rings (SSSR count). The average molecular weight is 268 g/mol. The Morgan fingerprint density at radius 2 is 2.39 bits per heavy atom. The van der Waals surface area contributed by atoms with E-state index >= 15 is 0 Å². The van der Waals surface area contributed by atoms with Crippen LogP contribution >= 0.6 is 11.6 Å². The Morgan fingerprint density at radius 3 is 3.11 bits per heavy atom. The highest BCUT2D eigenvalue weighted by molar-refractivity contribution is 6.17. The van der Waals surface area contributed by atoms with E-state index in [2.05, 4.69) is 34.8 Å². The molecule has 4 heteroatoms. The minimum atomic E-state index is 0.523. The largest absolute Gasteiger partial charge is 0.358 e. The van der Waals surface area contributed by atoms with Crippen molar-refractivity contribution < 1.29 is 0 Å². The molecule has 1 aliphatic heterocycles. The van der Waals surface area contributed by atoms with E-state index in [0.29, 0.717) is 11.9 Å². The molecule has 1 aromatic rings. The number of alkyl halides is 1. The summed E-state index contributed by atoms with van der Waals surface area (Å²) in [6.45, 7) is 5.65. The van der Waals surface area contributed by atoms with E-state index in [9.17, 15) is 0 Å². The second-order valence-corrected chi connectivity index (χ2v) is 5.19. The molecular formula is C14H22ClN3. The van der Waals surface area contributed by atoms with Crippen LogP contribution in [0.25, 0.3) is 0 Å². The normalized spacial score (nSPS) is 20.3. The molecule has 1 aromatic heterocycles. The van der Waals surface area contributed by atoms with Crippen LogP contribution in [0.1, 0.15) is 25.3 Å². The SMILES string of the molecule is CCN1CCCC1CN(C)c1ncccc1CCl. The molecule has 2 heterocycles. The Morgan fingerprint density at radius 1 is 1.56 bits per heavy atom. The molecule has 1 fully saturated rings. The summed E-state index contributed by atoms with van der Waals surface area (Å²) >= 11 is 5.97. The molecule has 1 aliphatic rings. The highest BCUT2D eigenvalue weighted by Crippen LogP contribution is 2.22. The van der Waals surface area contributed by atoms with Gasteiger partial charge >= 0.3 is 0 Å². The zero-order chi connectivity index (χ0) is 13.0. The molecule has 0 amide bonds. The summed E-state index contributed by atoms with van der Waals surface area (Å²) in [5.41, 5.74) is 1.11. The van der Waals surface area contributed by atoms with Crippen LogP contribution in [0.3, 0.4) is 0 Å². The summed E-state index contributed by atoms with van der Waals surface area (Å²) in [4.78, 5) is 9.27. The van der Waals surface area contributed by atoms with Crippen molar-refractivity contribution >= 4 is 17.4 Å². The van der Waals surface area contributed by atoms with Crippen molar-refractivity contribution in [3.8, 4) is 0 Å².